The summed E-state index contributed by atoms with van der Waals surface area (Å²) in [7, 11) is 1.56. The first-order valence-corrected chi connectivity index (χ1v) is 7.85. The summed E-state index contributed by atoms with van der Waals surface area (Å²) < 4.78 is 10.8. The van der Waals surface area contributed by atoms with E-state index in [0.29, 0.717) is 17.3 Å². The lowest BCUT2D eigenvalue weighted by Gasteiger charge is -2.10. The van der Waals surface area contributed by atoms with Crippen molar-refractivity contribution in [2.45, 2.75) is 12.3 Å². The minimum atomic E-state index is -0.936. The third-order valence-electron chi connectivity index (χ3n) is 3.81. The van der Waals surface area contributed by atoms with Crippen LogP contribution < -0.4 is 9.47 Å². The zero-order chi connectivity index (χ0) is 17.6. The molecule has 0 amide bonds. The average molecular weight is 335 g/mol. The maximum atomic E-state index is 12.4. The minimum absolute atomic E-state index is 0.104. The molecular weight excluding hydrogens is 318 g/mol. The Labute approximate surface area is 145 Å². The Morgan fingerprint density at radius 1 is 1.20 bits per heavy atom. The number of ketones is 1. The van der Waals surface area contributed by atoms with E-state index >= 15 is 0 Å². The Hall–Kier alpha value is -3.33. The van der Waals surface area contributed by atoms with Crippen molar-refractivity contribution in [1.82, 2.24) is 9.97 Å². The van der Waals surface area contributed by atoms with Gasteiger partial charge in [-0.25, -0.2) is 4.98 Å². The topological polar surface area (TPSA) is 88.0 Å². The van der Waals surface area contributed by atoms with Gasteiger partial charge in [0.05, 0.1) is 30.8 Å². The van der Waals surface area contributed by atoms with Gasteiger partial charge in [-0.3, -0.25) is 4.79 Å². The molecule has 126 valence electrons. The number of hydrogen-bond acceptors (Lipinski definition) is 5. The summed E-state index contributed by atoms with van der Waals surface area (Å²) >= 11 is 0. The summed E-state index contributed by atoms with van der Waals surface area (Å²) in [5.41, 5.74) is 1.53. The number of benzene rings is 2. The largest absolute Gasteiger partial charge is 0.493 e. The standard InChI is InChI=1S/C19H17N3O3/c1-24-17-8-4-5-9-18(17)25-11-10-16(23)13(12-20)19-21-14-6-2-3-7-15(14)22-19/h2-9,13H,10-11H2,1H3,(H,21,22). The number of hydrogen-bond donors (Lipinski definition) is 1. The van der Waals surface area contributed by atoms with E-state index in [4.69, 9.17) is 9.47 Å². The molecule has 6 heteroatoms. The number of Topliss-reactive ketones (excluding diaryl/α,β-unsaturated/α-hetero) is 1. The van der Waals surface area contributed by atoms with Gasteiger partial charge in [0.15, 0.2) is 23.2 Å². The second-order valence-electron chi connectivity index (χ2n) is 5.42. The first-order chi connectivity index (χ1) is 12.2. The molecule has 1 atom stereocenters. The highest BCUT2D eigenvalue weighted by Crippen LogP contribution is 2.26. The van der Waals surface area contributed by atoms with Crippen LogP contribution in [0.1, 0.15) is 18.2 Å². The molecule has 0 saturated heterocycles. The number of methoxy groups -OCH3 is 1. The Morgan fingerprint density at radius 3 is 2.64 bits per heavy atom. The smallest absolute Gasteiger partial charge is 0.162 e. The molecule has 0 saturated carbocycles. The number of aromatic nitrogens is 2. The molecule has 0 aliphatic heterocycles. The van der Waals surface area contributed by atoms with Crippen molar-refractivity contribution in [2.75, 3.05) is 13.7 Å². The van der Waals surface area contributed by atoms with Gasteiger partial charge in [-0.2, -0.15) is 5.26 Å². The molecule has 25 heavy (non-hydrogen) atoms. The molecule has 1 aromatic heterocycles. The quantitative estimate of drug-likeness (QED) is 0.716. The summed E-state index contributed by atoms with van der Waals surface area (Å²) in [6.07, 6.45) is 0.104. The normalized spacial score (nSPS) is 11.7. The molecule has 0 aliphatic rings. The molecule has 0 spiro atoms. The van der Waals surface area contributed by atoms with Crippen LogP contribution in [0.5, 0.6) is 11.5 Å². The molecule has 1 heterocycles. The second kappa shape index (κ2) is 7.49. The molecule has 1 N–H and O–H groups in total. The van der Waals surface area contributed by atoms with Gasteiger partial charge in [-0.15, -0.1) is 0 Å². The van der Waals surface area contributed by atoms with Crippen LogP contribution in [0, 0.1) is 11.3 Å². The van der Waals surface area contributed by atoms with Crippen LogP contribution in [-0.2, 0) is 4.79 Å². The number of rotatable bonds is 7. The van der Waals surface area contributed by atoms with Crippen LogP contribution in [0.3, 0.4) is 0 Å². The number of nitriles is 1. The van der Waals surface area contributed by atoms with Crippen molar-refractivity contribution < 1.29 is 14.3 Å². The highest BCUT2D eigenvalue weighted by molar-refractivity contribution is 5.88. The molecule has 3 aromatic rings. The molecular formula is C19H17N3O3. The van der Waals surface area contributed by atoms with E-state index in [1.165, 1.54) is 0 Å². The van der Waals surface area contributed by atoms with Gasteiger partial charge in [0, 0.05) is 6.42 Å². The van der Waals surface area contributed by atoms with E-state index in [1.807, 2.05) is 42.5 Å². The maximum Gasteiger partial charge on any atom is 0.162 e. The summed E-state index contributed by atoms with van der Waals surface area (Å²) in [6.45, 7) is 0.164. The maximum absolute atomic E-state index is 12.4. The number of para-hydroxylation sites is 4. The van der Waals surface area contributed by atoms with Crippen LogP contribution in [0.25, 0.3) is 11.0 Å². The van der Waals surface area contributed by atoms with Crippen LogP contribution in [0.4, 0.5) is 0 Å². The zero-order valence-corrected chi connectivity index (χ0v) is 13.7. The lowest BCUT2D eigenvalue weighted by molar-refractivity contribution is -0.119. The first-order valence-electron chi connectivity index (χ1n) is 7.85. The van der Waals surface area contributed by atoms with Crippen molar-refractivity contribution in [2.24, 2.45) is 0 Å². The van der Waals surface area contributed by atoms with Gasteiger partial charge in [0.25, 0.3) is 0 Å². The molecule has 0 fully saturated rings. The number of nitrogens with zero attached hydrogens (tertiary/aromatic N) is 2. The van der Waals surface area contributed by atoms with Crippen molar-refractivity contribution in [3.8, 4) is 17.6 Å². The van der Waals surface area contributed by atoms with Crippen molar-refractivity contribution >= 4 is 16.8 Å². The fourth-order valence-corrected chi connectivity index (χ4v) is 2.54. The lowest BCUT2D eigenvalue weighted by atomic mass is 10.0. The number of carbonyl (C=O) groups is 1. The third-order valence-corrected chi connectivity index (χ3v) is 3.81. The summed E-state index contributed by atoms with van der Waals surface area (Å²) in [5, 5.41) is 9.38. The number of aromatic amines is 1. The van der Waals surface area contributed by atoms with E-state index in [9.17, 15) is 10.1 Å². The van der Waals surface area contributed by atoms with E-state index in [2.05, 4.69) is 9.97 Å². The van der Waals surface area contributed by atoms with Gasteiger partial charge < -0.3 is 14.5 Å². The number of carbonyl (C=O) groups excluding carboxylic acids is 1. The molecule has 2 aromatic carbocycles. The first kappa shape index (κ1) is 16.5. The van der Waals surface area contributed by atoms with Crippen LogP contribution >= 0.6 is 0 Å². The predicted octanol–water partition coefficient (Wildman–Crippen LogP) is 3.22. The third kappa shape index (κ3) is 3.61. The molecule has 0 radical (unpaired) electrons. The molecule has 0 aliphatic carbocycles. The Balaban J connectivity index is 1.66. The van der Waals surface area contributed by atoms with Gasteiger partial charge in [-0.05, 0) is 24.3 Å². The Kier molecular flexibility index (Phi) is 4.95. The number of fused-ring (bicyclic) bond motifs is 1. The van der Waals surface area contributed by atoms with Gasteiger partial charge >= 0.3 is 0 Å². The van der Waals surface area contributed by atoms with Crippen LogP contribution in [-0.4, -0.2) is 29.5 Å². The van der Waals surface area contributed by atoms with Crippen molar-refractivity contribution in [3.63, 3.8) is 0 Å². The van der Waals surface area contributed by atoms with Crippen molar-refractivity contribution in [3.05, 3.63) is 54.4 Å². The number of ether oxygens (including phenoxy) is 2. The van der Waals surface area contributed by atoms with E-state index < -0.39 is 5.92 Å². The van der Waals surface area contributed by atoms with Gasteiger partial charge in [0.2, 0.25) is 0 Å². The van der Waals surface area contributed by atoms with E-state index in [0.717, 1.165) is 11.0 Å². The number of H-pyrrole nitrogens is 1. The summed E-state index contributed by atoms with van der Waals surface area (Å²) in [4.78, 5) is 19.8. The fraction of sp³-hybridized carbons (Fsp3) is 0.211. The number of nitrogens with one attached hydrogen (secondary N) is 1. The number of imidazole rings is 1. The SMILES string of the molecule is COc1ccccc1OCCC(=O)C(C#N)c1nc2ccccc2[nH]1. The Bertz CT molecular complexity index is 894. The summed E-state index contributed by atoms with van der Waals surface area (Å²) in [6, 6.07) is 16.7. The highest BCUT2D eigenvalue weighted by Gasteiger charge is 2.23. The highest BCUT2D eigenvalue weighted by atomic mass is 16.5. The predicted molar refractivity (Wildman–Crippen MR) is 92.6 cm³/mol. The molecule has 6 nitrogen and oxygen atoms in total. The summed E-state index contributed by atoms with van der Waals surface area (Å²) in [5.74, 6) is 0.357. The van der Waals surface area contributed by atoms with Crippen LogP contribution in [0.2, 0.25) is 0 Å². The molecule has 0 bridgehead atoms. The lowest BCUT2D eigenvalue weighted by Crippen LogP contribution is -2.15. The van der Waals surface area contributed by atoms with Gasteiger partial charge in [-0.1, -0.05) is 24.3 Å². The van der Waals surface area contributed by atoms with E-state index in [1.54, 1.807) is 19.2 Å². The molecule has 3 rings (SSSR count). The van der Waals surface area contributed by atoms with E-state index in [-0.39, 0.29) is 18.8 Å². The van der Waals surface area contributed by atoms with Crippen LogP contribution in [0.15, 0.2) is 48.5 Å². The fourth-order valence-electron chi connectivity index (χ4n) is 2.54. The van der Waals surface area contributed by atoms with Crippen molar-refractivity contribution in [1.29, 1.82) is 5.26 Å². The minimum Gasteiger partial charge on any atom is -0.493 e. The second-order valence-corrected chi connectivity index (χ2v) is 5.42. The average Bonchev–Trinajstić information content (AvgIpc) is 3.06. The Morgan fingerprint density at radius 2 is 1.92 bits per heavy atom. The molecule has 1 unspecified atom stereocenters. The zero-order valence-electron chi connectivity index (χ0n) is 13.7. The monoisotopic (exact) mass is 335 g/mol. The van der Waals surface area contributed by atoms with Gasteiger partial charge in [0.1, 0.15) is 5.82 Å².